The Bertz CT molecular complexity index is 710. The van der Waals surface area contributed by atoms with Gasteiger partial charge >= 0.3 is 10.4 Å². The lowest BCUT2D eigenvalue weighted by Crippen LogP contribution is -2.57. The fourth-order valence-corrected chi connectivity index (χ4v) is 3.58. The summed E-state index contributed by atoms with van der Waals surface area (Å²) in [6, 6.07) is 8.73. The van der Waals surface area contributed by atoms with E-state index in [0.29, 0.717) is 0 Å². The van der Waals surface area contributed by atoms with E-state index in [1.165, 1.54) is 0 Å². The first kappa shape index (κ1) is 21.1. The fourth-order valence-electron chi connectivity index (χ4n) is 2.25. The molecule has 0 unspecified atom stereocenters. The number of aliphatic hydroxyl groups excluding tert-OH is 4. The van der Waals surface area contributed by atoms with Gasteiger partial charge in [0.15, 0.2) is 0 Å². The van der Waals surface area contributed by atoms with Gasteiger partial charge in [-0.15, -0.1) is 0 Å². The van der Waals surface area contributed by atoms with Gasteiger partial charge in [0.25, 0.3) is 0 Å². The lowest BCUT2D eigenvalue weighted by molar-refractivity contribution is -0.205. The third-order valence-corrected chi connectivity index (χ3v) is 4.91. The van der Waals surface area contributed by atoms with Crippen molar-refractivity contribution in [1.82, 2.24) is 0 Å². The van der Waals surface area contributed by atoms with Crippen molar-refractivity contribution in [1.29, 1.82) is 0 Å². The first-order valence-corrected chi connectivity index (χ1v) is 9.69. The highest BCUT2D eigenvalue weighted by atomic mass is 32.3. The Balaban J connectivity index is 2.19. The molecule has 0 amide bonds. The highest BCUT2D eigenvalue weighted by Crippen LogP contribution is 2.30. The molecule has 1 saturated heterocycles. The molecule has 0 radical (unpaired) electrons. The van der Waals surface area contributed by atoms with Crippen molar-refractivity contribution in [3.05, 3.63) is 35.9 Å². The molecule has 10 nitrogen and oxygen atoms in total. The number of oxime groups is 1. The van der Waals surface area contributed by atoms with Crippen molar-refractivity contribution in [3.8, 4) is 0 Å². The van der Waals surface area contributed by atoms with Gasteiger partial charge in [-0.3, -0.25) is 4.55 Å². The van der Waals surface area contributed by atoms with Crippen LogP contribution in [0.15, 0.2) is 35.5 Å². The molecule has 1 aromatic rings. The maximum absolute atomic E-state index is 10.8. The number of hydrogen-bond acceptors (Lipinski definition) is 10. The van der Waals surface area contributed by atoms with E-state index in [-0.39, 0.29) is 11.5 Å². The monoisotopic (exact) mass is 409 g/mol. The molecule has 0 bridgehead atoms. The van der Waals surface area contributed by atoms with Crippen LogP contribution in [-0.4, -0.2) is 74.9 Å². The van der Waals surface area contributed by atoms with Gasteiger partial charge in [0.2, 0.25) is 0 Å². The molecular weight excluding hydrogens is 390 g/mol. The maximum Gasteiger partial charge on any atom is 0.466 e. The van der Waals surface area contributed by atoms with Gasteiger partial charge in [0.1, 0.15) is 34.9 Å². The number of hydrogen-bond donors (Lipinski definition) is 5. The molecule has 146 valence electrons. The predicted octanol–water partition coefficient (Wildman–Crippen LogP) is -1.10. The predicted molar refractivity (Wildman–Crippen MR) is 91.6 cm³/mol. The summed E-state index contributed by atoms with van der Waals surface area (Å²) in [6.07, 6.45) is -5.68. The standard InChI is InChI=1S/C14H19NO9S2/c16-7-9-11(17)12(18)13(19)14(23-9)25-10(15-24-26(20,21)22)6-8-4-2-1-3-5-8/h1-5,9,11-14,16-19H,6-7H2,(H,20,21,22)/b15-10+/t9-,11-,12-,13-,14+/m1/s1. The molecule has 0 aliphatic carbocycles. The summed E-state index contributed by atoms with van der Waals surface area (Å²) >= 11 is 0.729. The summed E-state index contributed by atoms with van der Waals surface area (Å²) in [5.74, 6) is 0. The van der Waals surface area contributed by atoms with E-state index in [1.807, 2.05) is 0 Å². The molecule has 1 aliphatic rings. The van der Waals surface area contributed by atoms with Crippen LogP contribution in [-0.2, 0) is 25.8 Å². The fraction of sp³-hybridized carbons (Fsp3) is 0.500. The van der Waals surface area contributed by atoms with Crippen molar-refractivity contribution < 1.29 is 42.4 Å². The largest absolute Gasteiger partial charge is 0.466 e. The second-order valence-corrected chi connectivity index (χ2v) is 7.64. The zero-order valence-corrected chi connectivity index (χ0v) is 15.0. The Morgan fingerprint density at radius 3 is 2.38 bits per heavy atom. The number of nitrogens with zero attached hydrogens (tertiary/aromatic N) is 1. The van der Waals surface area contributed by atoms with Crippen molar-refractivity contribution in [2.45, 2.75) is 36.3 Å². The number of aliphatic hydroxyl groups is 4. The van der Waals surface area contributed by atoms with Gasteiger partial charge in [0.05, 0.1) is 6.61 Å². The molecule has 1 aromatic carbocycles. The Morgan fingerprint density at radius 1 is 1.15 bits per heavy atom. The van der Waals surface area contributed by atoms with Crippen LogP contribution in [0.2, 0.25) is 0 Å². The second-order valence-electron chi connectivity index (χ2n) is 5.46. The van der Waals surface area contributed by atoms with Crippen LogP contribution in [0.1, 0.15) is 5.56 Å². The normalized spacial score (nSPS) is 30.2. The molecule has 0 aromatic heterocycles. The van der Waals surface area contributed by atoms with Crippen LogP contribution in [0, 0.1) is 0 Å². The van der Waals surface area contributed by atoms with Crippen LogP contribution < -0.4 is 0 Å². The Labute approximate surface area is 154 Å². The minimum absolute atomic E-state index is 0.0122. The van der Waals surface area contributed by atoms with Crippen LogP contribution in [0.3, 0.4) is 0 Å². The Kier molecular flexibility index (Phi) is 7.37. The molecule has 1 heterocycles. The van der Waals surface area contributed by atoms with Crippen molar-refractivity contribution in [3.63, 3.8) is 0 Å². The van der Waals surface area contributed by atoms with E-state index in [2.05, 4.69) is 9.44 Å². The number of thioether (sulfide) groups is 1. The lowest BCUT2D eigenvalue weighted by atomic mass is 10.0. The molecule has 1 aliphatic heterocycles. The summed E-state index contributed by atoms with van der Waals surface area (Å²) in [5, 5.41) is 42.2. The van der Waals surface area contributed by atoms with Crippen LogP contribution in [0.5, 0.6) is 0 Å². The third-order valence-electron chi connectivity index (χ3n) is 3.53. The molecule has 12 heteroatoms. The van der Waals surface area contributed by atoms with Crippen molar-refractivity contribution >= 4 is 27.2 Å². The lowest BCUT2D eigenvalue weighted by Gasteiger charge is -2.39. The van der Waals surface area contributed by atoms with E-state index >= 15 is 0 Å². The van der Waals surface area contributed by atoms with Gasteiger partial charge in [0, 0.05) is 6.42 Å². The van der Waals surface area contributed by atoms with E-state index in [4.69, 9.17) is 9.29 Å². The quantitative estimate of drug-likeness (QED) is 0.168. The van der Waals surface area contributed by atoms with E-state index in [0.717, 1.165) is 17.3 Å². The molecule has 5 N–H and O–H groups in total. The highest BCUT2D eigenvalue weighted by Gasteiger charge is 2.44. The number of ether oxygens (including phenoxy) is 1. The highest BCUT2D eigenvalue weighted by molar-refractivity contribution is 8.14. The molecule has 26 heavy (non-hydrogen) atoms. The summed E-state index contributed by atoms with van der Waals surface area (Å²) in [7, 11) is -4.83. The first-order valence-electron chi connectivity index (χ1n) is 7.45. The molecule has 0 saturated carbocycles. The molecule has 1 fully saturated rings. The van der Waals surface area contributed by atoms with Gasteiger partial charge in [-0.1, -0.05) is 47.2 Å². The Hall–Kier alpha value is -1.25. The van der Waals surface area contributed by atoms with Gasteiger partial charge in [-0.05, 0) is 5.56 Å². The first-order chi connectivity index (χ1) is 12.2. The average Bonchev–Trinajstić information content (AvgIpc) is 2.60. The van der Waals surface area contributed by atoms with Crippen LogP contribution >= 0.6 is 11.8 Å². The van der Waals surface area contributed by atoms with E-state index in [1.54, 1.807) is 30.3 Å². The Morgan fingerprint density at radius 2 is 1.81 bits per heavy atom. The zero-order valence-electron chi connectivity index (χ0n) is 13.3. The summed E-state index contributed by atoms with van der Waals surface area (Å²) in [6.45, 7) is -0.602. The molecule has 5 atom stereocenters. The topological polar surface area (TPSA) is 166 Å². The van der Waals surface area contributed by atoms with E-state index in [9.17, 15) is 28.8 Å². The zero-order chi connectivity index (χ0) is 19.3. The van der Waals surface area contributed by atoms with Crippen LogP contribution in [0.4, 0.5) is 0 Å². The minimum Gasteiger partial charge on any atom is -0.394 e. The number of benzene rings is 1. The van der Waals surface area contributed by atoms with Gasteiger partial charge in [-0.25, -0.2) is 4.28 Å². The summed E-state index contributed by atoms with van der Waals surface area (Å²) in [4.78, 5) is 0. The van der Waals surface area contributed by atoms with Gasteiger partial charge in [-0.2, -0.15) is 8.42 Å². The maximum atomic E-state index is 10.8. The third kappa shape index (κ3) is 5.89. The molecular formula is C14H19NO9S2. The van der Waals surface area contributed by atoms with Gasteiger partial charge < -0.3 is 25.2 Å². The molecule has 2 rings (SSSR count). The van der Waals surface area contributed by atoms with Crippen molar-refractivity contribution in [2.24, 2.45) is 5.16 Å². The second kappa shape index (κ2) is 9.10. The average molecular weight is 409 g/mol. The summed E-state index contributed by atoms with van der Waals surface area (Å²) < 4.78 is 39.6. The van der Waals surface area contributed by atoms with Crippen LogP contribution in [0.25, 0.3) is 0 Å². The SMILES string of the molecule is O=S(=O)(O)O/N=C(\Cc1ccccc1)S[C@@H]1O[C@H](CO)[C@@H](O)[C@@H](O)[C@H]1O. The smallest absolute Gasteiger partial charge is 0.394 e. The summed E-state index contributed by atoms with van der Waals surface area (Å²) in [5.41, 5.74) is -0.444. The van der Waals surface area contributed by atoms with Crippen molar-refractivity contribution in [2.75, 3.05) is 6.61 Å². The van der Waals surface area contributed by atoms with E-state index < -0.39 is 46.9 Å². The minimum atomic E-state index is -4.83. The molecule has 0 spiro atoms. The number of rotatable bonds is 6.